The molecule has 0 atom stereocenters. The van der Waals surface area contributed by atoms with Gasteiger partial charge in [0.25, 0.3) is 5.91 Å². The molecule has 0 saturated carbocycles. The first-order valence-electron chi connectivity index (χ1n) is 5.21. The zero-order valence-corrected chi connectivity index (χ0v) is 11.2. The predicted molar refractivity (Wildman–Crippen MR) is 73.3 cm³/mol. The Morgan fingerprint density at radius 2 is 2.11 bits per heavy atom. The van der Waals surface area contributed by atoms with Crippen molar-refractivity contribution >= 4 is 33.3 Å². The van der Waals surface area contributed by atoms with Crippen molar-refractivity contribution in [2.24, 2.45) is 0 Å². The number of nitrogen functional groups attached to an aromatic ring is 1. The summed E-state index contributed by atoms with van der Waals surface area (Å²) in [4.78, 5) is 19.6. The molecule has 5 nitrogen and oxygen atoms in total. The third-order valence-corrected chi connectivity index (χ3v) is 3.21. The van der Waals surface area contributed by atoms with Crippen LogP contribution in [0.2, 0.25) is 0 Å². The van der Waals surface area contributed by atoms with E-state index in [9.17, 15) is 4.79 Å². The zero-order valence-electron chi connectivity index (χ0n) is 9.64. The molecule has 0 aliphatic carbocycles. The lowest BCUT2D eigenvalue weighted by atomic mass is 10.2. The highest BCUT2D eigenvalue weighted by Gasteiger charge is 2.08. The number of aromatic nitrogens is 2. The number of nitrogens with two attached hydrogens (primary N) is 1. The van der Waals surface area contributed by atoms with Crippen LogP contribution in [-0.4, -0.2) is 15.9 Å². The smallest absolute Gasteiger partial charge is 0.275 e. The van der Waals surface area contributed by atoms with Gasteiger partial charge in [-0.1, -0.05) is 15.9 Å². The van der Waals surface area contributed by atoms with Gasteiger partial charge in [0.2, 0.25) is 0 Å². The van der Waals surface area contributed by atoms with E-state index in [4.69, 9.17) is 5.73 Å². The van der Waals surface area contributed by atoms with Gasteiger partial charge in [0.15, 0.2) is 0 Å². The lowest BCUT2D eigenvalue weighted by Crippen LogP contribution is -2.14. The van der Waals surface area contributed by atoms with Crippen LogP contribution in [0.5, 0.6) is 0 Å². The summed E-state index contributed by atoms with van der Waals surface area (Å²) in [5, 5.41) is 2.74. The highest BCUT2D eigenvalue weighted by molar-refractivity contribution is 9.10. The van der Waals surface area contributed by atoms with E-state index in [1.807, 2.05) is 19.1 Å². The van der Waals surface area contributed by atoms with Crippen molar-refractivity contribution < 1.29 is 4.79 Å². The van der Waals surface area contributed by atoms with Crippen molar-refractivity contribution in [1.82, 2.24) is 9.97 Å². The summed E-state index contributed by atoms with van der Waals surface area (Å²) in [5.74, 6) is -0.0322. The molecular weight excluding hydrogens is 296 g/mol. The molecule has 3 N–H and O–H groups in total. The molecule has 0 spiro atoms. The van der Waals surface area contributed by atoms with Crippen LogP contribution >= 0.6 is 15.9 Å². The Balaban J connectivity index is 2.16. The van der Waals surface area contributed by atoms with Gasteiger partial charge in [-0.15, -0.1) is 0 Å². The van der Waals surface area contributed by atoms with E-state index in [1.54, 1.807) is 6.07 Å². The number of benzene rings is 1. The van der Waals surface area contributed by atoms with Crippen LogP contribution in [-0.2, 0) is 0 Å². The molecule has 1 heterocycles. The first-order chi connectivity index (χ1) is 8.56. The van der Waals surface area contributed by atoms with Gasteiger partial charge in [-0.2, -0.15) is 0 Å². The van der Waals surface area contributed by atoms with E-state index in [0.29, 0.717) is 5.69 Å². The minimum absolute atomic E-state index is 0.227. The van der Waals surface area contributed by atoms with Crippen LogP contribution in [0.4, 0.5) is 11.5 Å². The fourth-order valence-corrected chi connectivity index (χ4v) is 1.62. The Kier molecular flexibility index (Phi) is 3.57. The Hall–Kier alpha value is -1.95. The Bertz CT molecular complexity index is 583. The summed E-state index contributed by atoms with van der Waals surface area (Å²) in [5.41, 5.74) is 7.38. The fraction of sp³-hybridized carbons (Fsp3) is 0.0833. The molecule has 0 aliphatic heterocycles. The molecule has 0 saturated heterocycles. The number of hydrogen-bond acceptors (Lipinski definition) is 4. The van der Waals surface area contributed by atoms with Crippen LogP contribution in [0.1, 0.15) is 16.1 Å². The van der Waals surface area contributed by atoms with E-state index in [2.05, 4.69) is 31.2 Å². The molecule has 92 valence electrons. The SMILES string of the molecule is Cc1cc(NC(=O)c2cnc(N)cn2)ccc1Br. The number of carbonyl (C=O) groups is 1. The van der Waals surface area contributed by atoms with Crippen LogP contribution in [0, 0.1) is 6.92 Å². The number of nitrogens with zero attached hydrogens (tertiary/aromatic N) is 2. The summed E-state index contributed by atoms with van der Waals surface area (Å²) in [7, 11) is 0. The molecule has 1 aromatic carbocycles. The molecule has 0 radical (unpaired) electrons. The van der Waals surface area contributed by atoms with Gasteiger partial charge in [0, 0.05) is 10.2 Å². The Labute approximate surface area is 113 Å². The standard InChI is InChI=1S/C12H11BrN4O/c1-7-4-8(2-3-9(7)13)17-12(18)10-5-16-11(14)6-15-10/h2-6H,1H3,(H2,14,16)(H,17,18). The molecule has 1 aromatic heterocycles. The van der Waals surface area contributed by atoms with Crippen LogP contribution in [0.3, 0.4) is 0 Å². The van der Waals surface area contributed by atoms with Gasteiger partial charge < -0.3 is 11.1 Å². The summed E-state index contributed by atoms with van der Waals surface area (Å²) < 4.78 is 0.993. The van der Waals surface area contributed by atoms with Crippen LogP contribution in [0.15, 0.2) is 35.1 Å². The third-order valence-electron chi connectivity index (χ3n) is 2.32. The van der Waals surface area contributed by atoms with Crippen molar-refractivity contribution in [3.8, 4) is 0 Å². The highest BCUT2D eigenvalue weighted by Crippen LogP contribution is 2.20. The molecule has 0 aliphatic rings. The van der Waals surface area contributed by atoms with Crippen molar-refractivity contribution in [3.05, 3.63) is 46.3 Å². The van der Waals surface area contributed by atoms with Gasteiger partial charge in [-0.05, 0) is 30.7 Å². The molecule has 2 aromatic rings. The van der Waals surface area contributed by atoms with Crippen LogP contribution < -0.4 is 11.1 Å². The molecule has 6 heteroatoms. The van der Waals surface area contributed by atoms with Crippen molar-refractivity contribution in [1.29, 1.82) is 0 Å². The quantitative estimate of drug-likeness (QED) is 0.892. The molecule has 0 unspecified atom stereocenters. The Morgan fingerprint density at radius 1 is 1.33 bits per heavy atom. The van der Waals surface area contributed by atoms with Gasteiger partial charge in [-0.3, -0.25) is 4.79 Å². The maximum Gasteiger partial charge on any atom is 0.275 e. The number of hydrogen-bond donors (Lipinski definition) is 2. The second kappa shape index (κ2) is 5.14. The largest absolute Gasteiger partial charge is 0.382 e. The molecule has 2 rings (SSSR count). The molecule has 18 heavy (non-hydrogen) atoms. The van der Waals surface area contributed by atoms with E-state index in [-0.39, 0.29) is 17.4 Å². The summed E-state index contributed by atoms with van der Waals surface area (Å²) in [6, 6.07) is 5.55. The Morgan fingerprint density at radius 3 is 2.72 bits per heavy atom. The van der Waals surface area contributed by atoms with E-state index in [1.165, 1.54) is 12.4 Å². The highest BCUT2D eigenvalue weighted by atomic mass is 79.9. The predicted octanol–water partition coefficient (Wildman–Crippen LogP) is 2.38. The second-order valence-corrected chi connectivity index (χ2v) is 4.60. The number of anilines is 2. The lowest BCUT2D eigenvalue weighted by molar-refractivity contribution is 0.102. The summed E-state index contributed by atoms with van der Waals surface area (Å²) in [6.45, 7) is 1.95. The molecule has 1 amide bonds. The molecular formula is C12H11BrN4O. The third kappa shape index (κ3) is 2.84. The maximum atomic E-state index is 11.9. The van der Waals surface area contributed by atoms with Crippen molar-refractivity contribution in [2.75, 3.05) is 11.1 Å². The topological polar surface area (TPSA) is 80.9 Å². The zero-order chi connectivity index (χ0) is 13.1. The van der Waals surface area contributed by atoms with Crippen LogP contribution in [0.25, 0.3) is 0 Å². The number of nitrogens with one attached hydrogen (secondary N) is 1. The summed E-state index contributed by atoms with van der Waals surface area (Å²) >= 11 is 3.40. The van der Waals surface area contributed by atoms with Gasteiger partial charge >= 0.3 is 0 Å². The average Bonchev–Trinajstić information content (AvgIpc) is 2.34. The van der Waals surface area contributed by atoms with E-state index in [0.717, 1.165) is 10.0 Å². The second-order valence-electron chi connectivity index (χ2n) is 3.74. The fourth-order valence-electron chi connectivity index (χ4n) is 1.37. The van der Waals surface area contributed by atoms with Gasteiger partial charge in [0.05, 0.1) is 12.4 Å². The summed E-state index contributed by atoms with van der Waals surface area (Å²) in [6.07, 6.45) is 2.69. The first-order valence-corrected chi connectivity index (χ1v) is 6.00. The first kappa shape index (κ1) is 12.5. The van der Waals surface area contributed by atoms with E-state index >= 15 is 0 Å². The van der Waals surface area contributed by atoms with E-state index < -0.39 is 0 Å². The van der Waals surface area contributed by atoms with Crippen molar-refractivity contribution in [3.63, 3.8) is 0 Å². The molecule has 0 fully saturated rings. The number of halogens is 1. The number of carbonyl (C=O) groups excluding carboxylic acids is 1. The minimum Gasteiger partial charge on any atom is -0.382 e. The number of rotatable bonds is 2. The minimum atomic E-state index is -0.316. The van der Waals surface area contributed by atoms with Gasteiger partial charge in [0.1, 0.15) is 11.5 Å². The van der Waals surface area contributed by atoms with Gasteiger partial charge in [-0.25, -0.2) is 9.97 Å². The maximum absolute atomic E-state index is 11.9. The molecule has 0 bridgehead atoms. The number of aryl methyl sites for hydroxylation is 1. The normalized spacial score (nSPS) is 10.1. The number of amides is 1. The lowest BCUT2D eigenvalue weighted by Gasteiger charge is -2.06. The average molecular weight is 307 g/mol. The monoisotopic (exact) mass is 306 g/mol. The van der Waals surface area contributed by atoms with Crippen molar-refractivity contribution in [2.45, 2.75) is 6.92 Å².